The minimum absolute atomic E-state index is 0.117. The van der Waals surface area contributed by atoms with E-state index in [1.165, 1.54) is 17.3 Å². The van der Waals surface area contributed by atoms with E-state index in [4.69, 9.17) is 0 Å². The van der Waals surface area contributed by atoms with Gasteiger partial charge in [-0.05, 0) is 24.5 Å². The second-order valence-corrected chi connectivity index (χ2v) is 6.02. The largest absolute Gasteiger partial charge is 0.271 e. The molecule has 0 aliphatic carbocycles. The van der Waals surface area contributed by atoms with Gasteiger partial charge in [0.2, 0.25) is 0 Å². The molecule has 24 heavy (non-hydrogen) atoms. The van der Waals surface area contributed by atoms with Gasteiger partial charge < -0.3 is 0 Å². The summed E-state index contributed by atoms with van der Waals surface area (Å²) in [4.78, 5) is 38.9. The molecule has 1 N–H and O–H groups in total. The normalized spacial score (nSPS) is 14.9. The first-order chi connectivity index (χ1) is 11.5. The van der Waals surface area contributed by atoms with E-state index >= 15 is 0 Å². The molecule has 0 spiro atoms. The highest BCUT2D eigenvalue weighted by Crippen LogP contribution is 2.27. The lowest BCUT2D eigenvalue weighted by Crippen LogP contribution is -2.49. The third-order valence-electron chi connectivity index (χ3n) is 3.79. The lowest BCUT2D eigenvalue weighted by atomic mass is 10.0. The standard InChI is InChI=1S/C16H17N5O3/c1-10(2)7-13(14(22)19-20-8-17-18-9-20)21-15(23)11-5-3-4-6-12(11)16(21)24/h3-6,8-10,13H,7H2,1-2H3,(H,19,22)/t13-/m0/s1. The van der Waals surface area contributed by atoms with Gasteiger partial charge >= 0.3 is 0 Å². The van der Waals surface area contributed by atoms with Crippen LogP contribution in [-0.2, 0) is 4.79 Å². The highest BCUT2D eigenvalue weighted by atomic mass is 16.2. The Hall–Kier alpha value is -3.03. The number of nitrogens with one attached hydrogen (secondary N) is 1. The van der Waals surface area contributed by atoms with Crippen molar-refractivity contribution in [1.82, 2.24) is 19.8 Å². The van der Waals surface area contributed by atoms with Crippen LogP contribution < -0.4 is 5.43 Å². The van der Waals surface area contributed by atoms with E-state index in [-0.39, 0.29) is 5.92 Å². The summed E-state index contributed by atoms with van der Waals surface area (Å²) in [7, 11) is 0. The van der Waals surface area contributed by atoms with Gasteiger partial charge in [0.05, 0.1) is 11.1 Å². The van der Waals surface area contributed by atoms with E-state index in [2.05, 4.69) is 15.6 Å². The number of rotatable bonds is 5. The van der Waals surface area contributed by atoms with Crippen LogP contribution in [0.25, 0.3) is 0 Å². The quantitative estimate of drug-likeness (QED) is 0.828. The molecule has 1 aliphatic rings. The monoisotopic (exact) mass is 327 g/mol. The number of aromatic nitrogens is 3. The minimum Gasteiger partial charge on any atom is -0.271 e. The molecule has 2 heterocycles. The lowest BCUT2D eigenvalue weighted by Gasteiger charge is -2.26. The molecule has 0 bridgehead atoms. The van der Waals surface area contributed by atoms with Crippen molar-refractivity contribution in [1.29, 1.82) is 0 Å². The molecule has 1 aromatic carbocycles. The maximum atomic E-state index is 12.6. The van der Waals surface area contributed by atoms with E-state index in [9.17, 15) is 14.4 Å². The van der Waals surface area contributed by atoms with Gasteiger partial charge in [-0.15, -0.1) is 10.2 Å². The number of benzene rings is 1. The average Bonchev–Trinajstić information content (AvgIpc) is 3.14. The Morgan fingerprint density at radius 1 is 1.08 bits per heavy atom. The van der Waals surface area contributed by atoms with Crippen molar-refractivity contribution < 1.29 is 14.4 Å². The smallest absolute Gasteiger partial charge is 0.262 e. The van der Waals surface area contributed by atoms with E-state index in [0.717, 1.165) is 4.90 Å². The molecule has 0 saturated carbocycles. The predicted molar refractivity (Wildman–Crippen MR) is 84.6 cm³/mol. The van der Waals surface area contributed by atoms with E-state index < -0.39 is 23.8 Å². The van der Waals surface area contributed by atoms with Crippen molar-refractivity contribution in [3.05, 3.63) is 48.0 Å². The third-order valence-corrected chi connectivity index (χ3v) is 3.79. The van der Waals surface area contributed by atoms with E-state index in [0.29, 0.717) is 17.5 Å². The highest BCUT2D eigenvalue weighted by molar-refractivity contribution is 6.23. The average molecular weight is 327 g/mol. The fraction of sp³-hybridized carbons (Fsp3) is 0.312. The second-order valence-electron chi connectivity index (χ2n) is 6.02. The number of fused-ring (bicyclic) bond motifs is 1. The number of nitrogens with zero attached hydrogens (tertiary/aromatic N) is 4. The third kappa shape index (κ3) is 2.78. The van der Waals surface area contributed by atoms with Crippen molar-refractivity contribution in [2.45, 2.75) is 26.3 Å². The van der Waals surface area contributed by atoms with Gasteiger partial charge in [-0.3, -0.25) is 24.7 Å². The summed E-state index contributed by atoms with van der Waals surface area (Å²) in [6, 6.07) is 5.68. The first kappa shape index (κ1) is 15.9. The van der Waals surface area contributed by atoms with Gasteiger partial charge in [-0.2, -0.15) is 0 Å². The topological polar surface area (TPSA) is 97.2 Å². The van der Waals surface area contributed by atoms with Crippen molar-refractivity contribution in [2.24, 2.45) is 5.92 Å². The molecule has 1 atom stereocenters. The van der Waals surface area contributed by atoms with Crippen LogP contribution in [0.2, 0.25) is 0 Å². The molecule has 124 valence electrons. The number of hydrogen-bond donors (Lipinski definition) is 1. The Morgan fingerprint density at radius 2 is 1.62 bits per heavy atom. The maximum Gasteiger partial charge on any atom is 0.262 e. The fourth-order valence-corrected chi connectivity index (χ4v) is 2.73. The molecular weight excluding hydrogens is 310 g/mol. The van der Waals surface area contributed by atoms with E-state index in [1.807, 2.05) is 13.8 Å². The van der Waals surface area contributed by atoms with Gasteiger partial charge in [0.15, 0.2) is 0 Å². The first-order valence-corrected chi connectivity index (χ1v) is 7.61. The Labute approximate surface area is 138 Å². The Morgan fingerprint density at radius 3 is 2.12 bits per heavy atom. The zero-order chi connectivity index (χ0) is 17.3. The predicted octanol–water partition coefficient (Wildman–Crippen LogP) is 1.06. The number of hydrogen-bond acceptors (Lipinski definition) is 5. The summed E-state index contributed by atoms with van der Waals surface area (Å²) >= 11 is 0. The van der Waals surface area contributed by atoms with Crippen molar-refractivity contribution in [3.8, 4) is 0 Å². The zero-order valence-corrected chi connectivity index (χ0v) is 13.3. The van der Waals surface area contributed by atoms with Crippen molar-refractivity contribution in [2.75, 3.05) is 5.43 Å². The summed E-state index contributed by atoms with van der Waals surface area (Å²) in [6.07, 6.45) is 3.01. The molecule has 0 fully saturated rings. The number of imide groups is 1. The molecule has 0 unspecified atom stereocenters. The van der Waals surface area contributed by atoms with Crippen LogP contribution in [0.4, 0.5) is 0 Å². The summed E-state index contributed by atoms with van der Waals surface area (Å²) < 4.78 is 1.29. The van der Waals surface area contributed by atoms with Gasteiger partial charge in [-0.25, -0.2) is 4.68 Å². The van der Waals surface area contributed by atoms with Crippen LogP contribution in [0.15, 0.2) is 36.9 Å². The second kappa shape index (κ2) is 6.23. The zero-order valence-electron chi connectivity index (χ0n) is 13.3. The summed E-state index contributed by atoms with van der Waals surface area (Å²) in [5.74, 6) is -1.23. The molecule has 2 aromatic rings. The molecule has 1 aromatic heterocycles. The van der Waals surface area contributed by atoms with Crippen LogP contribution in [-0.4, -0.2) is 43.5 Å². The maximum absolute atomic E-state index is 12.6. The van der Waals surface area contributed by atoms with Gasteiger partial charge in [0.1, 0.15) is 18.7 Å². The first-order valence-electron chi connectivity index (χ1n) is 7.61. The molecule has 3 amide bonds. The van der Waals surface area contributed by atoms with Gasteiger partial charge in [0.25, 0.3) is 17.7 Å². The highest BCUT2D eigenvalue weighted by Gasteiger charge is 2.42. The molecule has 8 nitrogen and oxygen atoms in total. The summed E-state index contributed by atoms with van der Waals surface area (Å²) in [5, 5.41) is 7.21. The Kier molecular flexibility index (Phi) is 4.11. The molecule has 8 heteroatoms. The molecule has 0 saturated heterocycles. The SMILES string of the molecule is CC(C)C[C@@H](C(=O)Nn1cnnc1)N1C(=O)c2ccccc2C1=O. The number of carbonyl (C=O) groups excluding carboxylic acids is 3. The van der Waals surface area contributed by atoms with Gasteiger partial charge in [0, 0.05) is 0 Å². The van der Waals surface area contributed by atoms with Crippen LogP contribution in [0.3, 0.4) is 0 Å². The van der Waals surface area contributed by atoms with E-state index in [1.54, 1.807) is 24.3 Å². The van der Waals surface area contributed by atoms with Crippen LogP contribution in [0, 0.1) is 5.92 Å². The minimum atomic E-state index is -0.903. The van der Waals surface area contributed by atoms with Gasteiger partial charge in [-0.1, -0.05) is 26.0 Å². The Balaban J connectivity index is 1.91. The summed E-state index contributed by atoms with van der Waals surface area (Å²) in [5.41, 5.74) is 3.23. The lowest BCUT2D eigenvalue weighted by molar-refractivity contribution is -0.121. The molecule has 3 rings (SSSR count). The molecule has 0 radical (unpaired) electrons. The van der Waals surface area contributed by atoms with Crippen molar-refractivity contribution in [3.63, 3.8) is 0 Å². The Bertz CT molecular complexity index is 750. The van der Waals surface area contributed by atoms with Crippen molar-refractivity contribution >= 4 is 17.7 Å². The number of carbonyl (C=O) groups is 3. The molecule has 1 aliphatic heterocycles. The van der Waals surface area contributed by atoms with Crippen LogP contribution in [0.1, 0.15) is 41.0 Å². The molecular formula is C16H17N5O3. The fourth-order valence-electron chi connectivity index (χ4n) is 2.73. The number of amides is 3. The summed E-state index contributed by atoms with van der Waals surface area (Å²) in [6.45, 7) is 3.86. The van der Waals surface area contributed by atoms with Crippen LogP contribution in [0.5, 0.6) is 0 Å². The van der Waals surface area contributed by atoms with Crippen LogP contribution >= 0.6 is 0 Å².